The van der Waals surface area contributed by atoms with E-state index in [0.717, 1.165) is 43.4 Å². The molecule has 0 saturated carbocycles. The molecule has 0 unspecified atom stereocenters. The summed E-state index contributed by atoms with van der Waals surface area (Å²) in [5.41, 5.74) is 5.98. The van der Waals surface area contributed by atoms with Gasteiger partial charge in [-0.3, -0.25) is 4.79 Å². The third kappa shape index (κ3) is 4.59. The first-order chi connectivity index (χ1) is 10.0. The highest BCUT2D eigenvalue weighted by Gasteiger charge is 2.21. The summed E-state index contributed by atoms with van der Waals surface area (Å²) in [4.78, 5) is 27.9. The van der Waals surface area contributed by atoms with Gasteiger partial charge >= 0.3 is 5.97 Å². The lowest BCUT2D eigenvalue weighted by molar-refractivity contribution is -0.131. The highest BCUT2D eigenvalue weighted by molar-refractivity contribution is 5.85. The van der Waals surface area contributed by atoms with Crippen LogP contribution in [-0.2, 0) is 9.59 Å². The number of primary amides is 1. The first kappa shape index (κ1) is 15.0. The highest BCUT2D eigenvalue weighted by atomic mass is 16.4. The number of carbonyl (C=O) groups is 2. The first-order valence-electron chi connectivity index (χ1n) is 6.95. The van der Waals surface area contributed by atoms with Crippen LogP contribution in [0.4, 0.5) is 5.82 Å². The van der Waals surface area contributed by atoms with E-state index < -0.39 is 5.97 Å². The Labute approximate surface area is 123 Å². The van der Waals surface area contributed by atoms with Crippen molar-refractivity contribution in [2.75, 3.05) is 18.0 Å². The van der Waals surface area contributed by atoms with Gasteiger partial charge in [-0.25, -0.2) is 9.78 Å². The van der Waals surface area contributed by atoms with Crippen LogP contribution >= 0.6 is 0 Å². The molecule has 0 aromatic carbocycles. The molecular weight excluding hydrogens is 270 g/mol. The van der Waals surface area contributed by atoms with E-state index in [-0.39, 0.29) is 5.91 Å². The number of hydrogen-bond acceptors (Lipinski definition) is 4. The van der Waals surface area contributed by atoms with Crippen LogP contribution in [0.1, 0.15) is 24.8 Å². The van der Waals surface area contributed by atoms with Gasteiger partial charge in [0.15, 0.2) is 0 Å². The molecule has 1 saturated heterocycles. The van der Waals surface area contributed by atoms with Gasteiger partial charge in [0, 0.05) is 31.8 Å². The second kappa shape index (κ2) is 6.88. The number of carboxylic acid groups (broad SMARTS) is 1. The van der Waals surface area contributed by atoms with Gasteiger partial charge in [-0.05, 0) is 42.5 Å². The van der Waals surface area contributed by atoms with Crippen LogP contribution < -0.4 is 10.6 Å². The topological polar surface area (TPSA) is 96.5 Å². The third-order valence-corrected chi connectivity index (χ3v) is 3.62. The Hall–Kier alpha value is -2.37. The van der Waals surface area contributed by atoms with E-state index >= 15 is 0 Å². The Kier molecular flexibility index (Phi) is 4.92. The van der Waals surface area contributed by atoms with Gasteiger partial charge < -0.3 is 15.7 Å². The number of piperidine rings is 1. The number of aromatic nitrogens is 1. The van der Waals surface area contributed by atoms with E-state index in [0.29, 0.717) is 12.3 Å². The van der Waals surface area contributed by atoms with Crippen LogP contribution in [0, 0.1) is 5.92 Å². The van der Waals surface area contributed by atoms with Crippen LogP contribution in [0.2, 0.25) is 0 Å². The lowest BCUT2D eigenvalue weighted by Gasteiger charge is -2.32. The molecule has 1 fully saturated rings. The number of anilines is 1. The van der Waals surface area contributed by atoms with E-state index in [9.17, 15) is 9.59 Å². The highest BCUT2D eigenvalue weighted by Crippen LogP contribution is 2.23. The normalized spacial score (nSPS) is 16.3. The molecule has 0 atom stereocenters. The molecule has 0 bridgehead atoms. The fraction of sp³-hybridized carbons (Fsp3) is 0.400. The number of pyridine rings is 1. The van der Waals surface area contributed by atoms with E-state index in [1.165, 1.54) is 6.08 Å². The number of nitrogens with zero attached hydrogens (tertiary/aromatic N) is 2. The predicted molar refractivity (Wildman–Crippen MR) is 79.7 cm³/mol. The summed E-state index contributed by atoms with van der Waals surface area (Å²) in [6, 6.07) is 3.73. The minimum atomic E-state index is -0.976. The number of carbonyl (C=O) groups excluding carboxylic acids is 1. The van der Waals surface area contributed by atoms with Gasteiger partial charge in [0.25, 0.3) is 0 Å². The van der Waals surface area contributed by atoms with Crippen LogP contribution in [0.25, 0.3) is 6.08 Å². The Balaban J connectivity index is 1.92. The molecule has 1 aromatic rings. The van der Waals surface area contributed by atoms with Gasteiger partial charge in [-0.15, -0.1) is 0 Å². The zero-order chi connectivity index (χ0) is 15.2. The van der Waals surface area contributed by atoms with Crippen LogP contribution in [0.15, 0.2) is 24.4 Å². The Morgan fingerprint density at radius 1 is 1.38 bits per heavy atom. The quantitative estimate of drug-likeness (QED) is 0.796. The third-order valence-electron chi connectivity index (χ3n) is 3.62. The second-order valence-electron chi connectivity index (χ2n) is 5.22. The van der Waals surface area contributed by atoms with Crippen molar-refractivity contribution >= 4 is 23.8 Å². The number of carboxylic acids is 1. The van der Waals surface area contributed by atoms with Gasteiger partial charge in [-0.2, -0.15) is 0 Å². The van der Waals surface area contributed by atoms with Crippen LogP contribution in [0.5, 0.6) is 0 Å². The molecule has 6 heteroatoms. The predicted octanol–water partition coefficient (Wildman–Crippen LogP) is 1.27. The Morgan fingerprint density at radius 3 is 2.62 bits per heavy atom. The van der Waals surface area contributed by atoms with Gasteiger partial charge in [-0.1, -0.05) is 0 Å². The average Bonchev–Trinajstić information content (AvgIpc) is 2.46. The summed E-state index contributed by atoms with van der Waals surface area (Å²) in [7, 11) is 0. The molecule has 112 valence electrons. The standard InChI is InChI=1S/C15H19N3O3/c16-13(19)9-11-5-7-18(8-6-11)14-3-1-12(10-17-14)2-4-15(20)21/h1-4,10-11H,5-9H2,(H2,16,19)(H,20,21)/b4-2+. The summed E-state index contributed by atoms with van der Waals surface area (Å²) in [6.07, 6.45) is 6.59. The van der Waals surface area contributed by atoms with Crippen molar-refractivity contribution in [2.45, 2.75) is 19.3 Å². The number of nitrogens with two attached hydrogens (primary N) is 1. The molecular formula is C15H19N3O3. The Morgan fingerprint density at radius 2 is 2.10 bits per heavy atom. The van der Waals surface area contributed by atoms with Crippen molar-refractivity contribution in [3.05, 3.63) is 30.0 Å². The van der Waals surface area contributed by atoms with Crippen molar-refractivity contribution in [2.24, 2.45) is 11.7 Å². The van der Waals surface area contributed by atoms with Crippen LogP contribution in [0.3, 0.4) is 0 Å². The van der Waals surface area contributed by atoms with Crippen molar-refractivity contribution in [3.63, 3.8) is 0 Å². The molecule has 3 N–H and O–H groups in total. The number of amides is 1. The number of hydrogen-bond donors (Lipinski definition) is 2. The summed E-state index contributed by atoms with van der Waals surface area (Å²) < 4.78 is 0. The fourth-order valence-electron chi connectivity index (χ4n) is 2.50. The molecule has 1 aliphatic heterocycles. The number of aliphatic carboxylic acids is 1. The fourth-order valence-corrected chi connectivity index (χ4v) is 2.50. The van der Waals surface area contributed by atoms with E-state index in [1.54, 1.807) is 6.20 Å². The first-order valence-corrected chi connectivity index (χ1v) is 6.95. The monoisotopic (exact) mass is 289 g/mol. The molecule has 1 aliphatic rings. The molecule has 21 heavy (non-hydrogen) atoms. The molecule has 2 heterocycles. The molecule has 0 radical (unpaired) electrons. The van der Waals surface area contributed by atoms with E-state index in [4.69, 9.17) is 10.8 Å². The maximum atomic E-state index is 10.9. The van der Waals surface area contributed by atoms with Crippen molar-refractivity contribution in [1.29, 1.82) is 0 Å². The van der Waals surface area contributed by atoms with Gasteiger partial charge in [0.05, 0.1) is 0 Å². The summed E-state index contributed by atoms with van der Waals surface area (Å²) in [5.74, 6) is 0.0354. The molecule has 1 aromatic heterocycles. The minimum absolute atomic E-state index is 0.235. The van der Waals surface area contributed by atoms with Crippen molar-refractivity contribution in [3.8, 4) is 0 Å². The minimum Gasteiger partial charge on any atom is -0.478 e. The van der Waals surface area contributed by atoms with E-state index in [1.807, 2.05) is 12.1 Å². The lowest BCUT2D eigenvalue weighted by Crippen LogP contribution is -2.35. The maximum absolute atomic E-state index is 10.9. The van der Waals surface area contributed by atoms with Crippen molar-refractivity contribution in [1.82, 2.24) is 4.98 Å². The number of rotatable bonds is 5. The second-order valence-corrected chi connectivity index (χ2v) is 5.22. The average molecular weight is 289 g/mol. The summed E-state index contributed by atoms with van der Waals surface area (Å²) >= 11 is 0. The van der Waals surface area contributed by atoms with Crippen LogP contribution in [-0.4, -0.2) is 35.1 Å². The van der Waals surface area contributed by atoms with Gasteiger partial charge in [0.2, 0.25) is 5.91 Å². The zero-order valence-electron chi connectivity index (χ0n) is 11.7. The molecule has 1 amide bonds. The SMILES string of the molecule is NC(=O)CC1CCN(c2ccc(/C=C/C(=O)O)cn2)CC1. The molecule has 2 rings (SSSR count). The molecule has 6 nitrogen and oxygen atoms in total. The summed E-state index contributed by atoms with van der Waals surface area (Å²) in [5, 5.41) is 8.57. The summed E-state index contributed by atoms with van der Waals surface area (Å²) in [6.45, 7) is 1.71. The lowest BCUT2D eigenvalue weighted by atomic mass is 9.93. The largest absolute Gasteiger partial charge is 0.478 e. The maximum Gasteiger partial charge on any atom is 0.328 e. The van der Waals surface area contributed by atoms with Gasteiger partial charge in [0.1, 0.15) is 5.82 Å². The molecule has 0 aliphatic carbocycles. The smallest absolute Gasteiger partial charge is 0.328 e. The molecule has 0 spiro atoms. The van der Waals surface area contributed by atoms with Crippen molar-refractivity contribution < 1.29 is 14.7 Å². The zero-order valence-corrected chi connectivity index (χ0v) is 11.7. The van der Waals surface area contributed by atoms with E-state index in [2.05, 4.69) is 9.88 Å². The Bertz CT molecular complexity index is 532.